The monoisotopic (exact) mass is 461 g/mol. The number of hydrogen-bond acceptors (Lipinski definition) is 5. The van der Waals surface area contributed by atoms with Crippen molar-refractivity contribution in [2.75, 3.05) is 24.3 Å². The second-order valence-electron chi connectivity index (χ2n) is 8.66. The van der Waals surface area contributed by atoms with Crippen LogP contribution in [0.3, 0.4) is 0 Å². The smallest absolute Gasteiger partial charge is 0.362 e. The summed E-state index contributed by atoms with van der Waals surface area (Å²) >= 11 is 0. The Morgan fingerprint density at radius 1 is 0.970 bits per heavy atom. The summed E-state index contributed by atoms with van der Waals surface area (Å²) in [5.74, 6) is 0.541. The minimum atomic E-state index is -4.58. The number of benzene rings is 2. The summed E-state index contributed by atoms with van der Waals surface area (Å²) in [5, 5.41) is 7.63. The summed E-state index contributed by atoms with van der Waals surface area (Å²) in [7, 11) is 3.89. The molecule has 4 rings (SSSR count). The highest BCUT2D eigenvalue weighted by atomic mass is 19.4. The van der Waals surface area contributed by atoms with Crippen LogP contribution in [0.15, 0.2) is 42.5 Å². The van der Waals surface area contributed by atoms with Crippen molar-refractivity contribution >= 4 is 22.7 Å². The maximum Gasteiger partial charge on any atom is 0.416 e. The van der Waals surface area contributed by atoms with E-state index >= 15 is 0 Å². The fourth-order valence-corrected chi connectivity index (χ4v) is 4.31. The van der Waals surface area contributed by atoms with Gasteiger partial charge in [-0.15, -0.1) is 0 Å². The average Bonchev–Trinajstić information content (AvgIpc) is 2.78. The Kier molecular flexibility index (Phi) is 6.69. The molecule has 1 aliphatic rings. The Hall–Kier alpha value is -2.94. The highest BCUT2D eigenvalue weighted by Gasteiger charge is 2.34. The summed E-state index contributed by atoms with van der Waals surface area (Å²) in [6.45, 7) is 0.0534. The van der Waals surface area contributed by atoms with Crippen LogP contribution in [0.5, 0.6) is 0 Å². The molecule has 0 unspecified atom stereocenters. The third-order valence-corrected chi connectivity index (χ3v) is 6.03. The molecule has 1 fully saturated rings. The molecule has 0 aliphatic heterocycles. The molecule has 176 valence electrons. The molecule has 0 bridgehead atoms. The second kappa shape index (κ2) is 9.51. The Balaban J connectivity index is 1.36. The van der Waals surface area contributed by atoms with Crippen LogP contribution in [-0.2, 0) is 12.7 Å². The van der Waals surface area contributed by atoms with Gasteiger partial charge in [-0.25, -0.2) is 9.37 Å². The minimum absolute atomic E-state index is 0.0534. The molecule has 0 spiro atoms. The molecule has 0 atom stereocenters. The van der Waals surface area contributed by atoms with Crippen LogP contribution in [0.4, 0.5) is 29.3 Å². The second-order valence-corrected chi connectivity index (χ2v) is 8.66. The van der Waals surface area contributed by atoms with E-state index in [2.05, 4.69) is 20.6 Å². The van der Waals surface area contributed by atoms with E-state index in [1.54, 1.807) is 0 Å². The Morgan fingerprint density at radius 2 is 1.67 bits per heavy atom. The molecule has 1 aliphatic carbocycles. The standard InChI is InChI=1S/C24H27F4N5/c1-33(2)22-19-5-3-4-6-21(19)31-23(32-22)30-18-11-9-17(10-12-18)29-14-15-7-8-16(25)13-20(15)24(26,27)28/h3-8,13,17-18,29H,9-12,14H2,1-2H3,(H,30,31,32). The number of nitrogens with zero attached hydrogens (tertiary/aromatic N) is 3. The molecule has 9 heteroatoms. The number of hydrogen-bond donors (Lipinski definition) is 2. The molecule has 5 nitrogen and oxygen atoms in total. The van der Waals surface area contributed by atoms with Gasteiger partial charge in [0.05, 0.1) is 11.1 Å². The number of nitrogens with one attached hydrogen (secondary N) is 2. The lowest BCUT2D eigenvalue weighted by Gasteiger charge is -2.30. The Labute approximate surface area is 190 Å². The van der Waals surface area contributed by atoms with Crippen LogP contribution in [0, 0.1) is 5.82 Å². The lowest BCUT2D eigenvalue weighted by molar-refractivity contribution is -0.138. The topological polar surface area (TPSA) is 53.1 Å². The van der Waals surface area contributed by atoms with Crippen molar-refractivity contribution in [2.24, 2.45) is 0 Å². The van der Waals surface area contributed by atoms with Crippen molar-refractivity contribution < 1.29 is 17.6 Å². The van der Waals surface area contributed by atoms with E-state index in [-0.39, 0.29) is 24.2 Å². The van der Waals surface area contributed by atoms with Gasteiger partial charge < -0.3 is 15.5 Å². The van der Waals surface area contributed by atoms with Crippen molar-refractivity contribution in [3.05, 3.63) is 59.4 Å². The zero-order valence-electron chi connectivity index (χ0n) is 18.6. The third kappa shape index (κ3) is 5.52. The van der Waals surface area contributed by atoms with Crippen LogP contribution >= 0.6 is 0 Å². The van der Waals surface area contributed by atoms with E-state index in [9.17, 15) is 17.6 Å². The predicted octanol–water partition coefficient (Wildman–Crippen LogP) is 5.37. The number of anilines is 2. The highest BCUT2D eigenvalue weighted by molar-refractivity contribution is 5.90. The van der Waals surface area contributed by atoms with Gasteiger partial charge >= 0.3 is 6.18 Å². The van der Waals surface area contributed by atoms with Gasteiger partial charge in [0.25, 0.3) is 0 Å². The van der Waals surface area contributed by atoms with E-state index in [1.165, 1.54) is 6.07 Å². The summed E-state index contributed by atoms with van der Waals surface area (Å²) in [5.41, 5.74) is 0.00856. The quantitative estimate of drug-likeness (QED) is 0.484. The van der Waals surface area contributed by atoms with Gasteiger partial charge in [0.2, 0.25) is 5.95 Å². The van der Waals surface area contributed by atoms with Crippen LogP contribution in [-0.4, -0.2) is 36.1 Å². The molecular weight excluding hydrogens is 434 g/mol. The number of halogens is 4. The Bertz CT molecular complexity index is 1110. The lowest BCUT2D eigenvalue weighted by Crippen LogP contribution is -2.37. The molecule has 0 saturated heterocycles. The van der Waals surface area contributed by atoms with Gasteiger partial charge in [-0.1, -0.05) is 18.2 Å². The molecule has 1 heterocycles. The molecule has 1 saturated carbocycles. The first-order chi connectivity index (χ1) is 15.7. The van der Waals surface area contributed by atoms with Gasteiger partial charge in [-0.05, 0) is 55.5 Å². The van der Waals surface area contributed by atoms with Crippen LogP contribution in [0.25, 0.3) is 10.9 Å². The van der Waals surface area contributed by atoms with Crippen LogP contribution in [0.2, 0.25) is 0 Å². The van der Waals surface area contributed by atoms with Crippen molar-refractivity contribution in [3.8, 4) is 0 Å². The molecule has 0 amide bonds. The van der Waals surface area contributed by atoms with Gasteiger partial charge in [-0.3, -0.25) is 0 Å². The first-order valence-corrected chi connectivity index (χ1v) is 11.0. The third-order valence-electron chi connectivity index (χ3n) is 6.03. The van der Waals surface area contributed by atoms with Gasteiger partial charge in [0.15, 0.2) is 0 Å². The number of fused-ring (bicyclic) bond motifs is 1. The van der Waals surface area contributed by atoms with Crippen molar-refractivity contribution in [3.63, 3.8) is 0 Å². The average molecular weight is 462 g/mol. The van der Waals surface area contributed by atoms with E-state index < -0.39 is 17.6 Å². The van der Waals surface area contributed by atoms with E-state index in [1.807, 2.05) is 43.3 Å². The van der Waals surface area contributed by atoms with Crippen LogP contribution in [0.1, 0.15) is 36.8 Å². The van der Waals surface area contributed by atoms with E-state index in [0.29, 0.717) is 12.0 Å². The minimum Gasteiger partial charge on any atom is -0.362 e. The van der Waals surface area contributed by atoms with Gasteiger partial charge in [-0.2, -0.15) is 18.2 Å². The molecule has 2 aromatic carbocycles. The van der Waals surface area contributed by atoms with Gasteiger partial charge in [0, 0.05) is 38.1 Å². The molecule has 0 radical (unpaired) electrons. The summed E-state index contributed by atoms with van der Waals surface area (Å²) in [6.07, 6.45) is -1.25. The fourth-order valence-electron chi connectivity index (χ4n) is 4.31. The van der Waals surface area contributed by atoms with Crippen molar-refractivity contribution in [1.82, 2.24) is 15.3 Å². The SMILES string of the molecule is CN(C)c1nc(NC2CCC(NCc3ccc(F)cc3C(F)(F)F)CC2)nc2ccccc12. The number of para-hydroxylation sites is 1. The van der Waals surface area contributed by atoms with E-state index in [0.717, 1.165) is 48.5 Å². The summed E-state index contributed by atoms with van der Waals surface area (Å²) in [4.78, 5) is 11.3. The predicted molar refractivity (Wildman–Crippen MR) is 122 cm³/mol. The van der Waals surface area contributed by atoms with Gasteiger partial charge in [0.1, 0.15) is 11.6 Å². The number of rotatable bonds is 6. The molecule has 3 aromatic rings. The molecule has 33 heavy (non-hydrogen) atoms. The maximum absolute atomic E-state index is 13.3. The number of aromatic nitrogens is 2. The zero-order valence-corrected chi connectivity index (χ0v) is 18.6. The normalized spacial score (nSPS) is 19.0. The first-order valence-electron chi connectivity index (χ1n) is 11.0. The Morgan fingerprint density at radius 3 is 2.36 bits per heavy atom. The van der Waals surface area contributed by atoms with Crippen molar-refractivity contribution in [1.29, 1.82) is 0 Å². The molecular formula is C24H27F4N5. The first kappa shape index (κ1) is 23.2. The lowest BCUT2D eigenvalue weighted by atomic mass is 9.91. The summed E-state index contributed by atoms with van der Waals surface area (Å²) < 4.78 is 52.9. The van der Waals surface area contributed by atoms with Crippen molar-refractivity contribution in [2.45, 2.75) is 50.5 Å². The zero-order chi connectivity index (χ0) is 23.6. The summed E-state index contributed by atoms with van der Waals surface area (Å²) in [6, 6.07) is 11.0. The van der Waals surface area contributed by atoms with E-state index in [4.69, 9.17) is 0 Å². The highest BCUT2D eigenvalue weighted by Crippen LogP contribution is 2.33. The molecule has 1 aromatic heterocycles. The van der Waals surface area contributed by atoms with Crippen LogP contribution < -0.4 is 15.5 Å². The largest absolute Gasteiger partial charge is 0.416 e. The molecule has 2 N–H and O–H groups in total. The fraction of sp³-hybridized carbons (Fsp3) is 0.417. The maximum atomic E-state index is 13.3. The number of alkyl halides is 3.